The summed E-state index contributed by atoms with van der Waals surface area (Å²) < 4.78 is 25.2. The highest BCUT2D eigenvalue weighted by molar-refractivity contribution is 7.91. The molecule has 0 amide bonds. The smallest absolute Gasteiger partial charge is 0.275 e. The number of benzene rings is 1. The van der Waals surface area contributed by atoms with Crippen molar-refractivity contribution in [3.05, 3.63) is 40.3 Å². The minimum Gasteiger partial charge on any atom is -0.277 e. The lowest BCUT2D eigenvalue weighted by atomic mass is 10.1. The molecule has 2 aliphatic rings. The van der Waals surface area contributed by atoms with Crippen LogP contribution in [0.5, 0.6) is 0 Å². The minimum absolute atomic E-state index is 0.00276. The lowest BCUT2D eigenvalue weighted by molar-refractivity contribution is 0.143. The summed E-state index contributed by atoms with van der Waals surface area (Å²) in [6.07, 6.45) is 2.79. The van der Waals surface area contributed by atoms with Crippen molar-refractivity contribution in [2.75, 3.05) is 11.5 Å². The van der Waals surface area contributed by atoms with Gasteiger partial charge in [-0.2, -0.15) is 5.10 Å². The summed E-state index contributed by atoms with van der Waals surface area (Å²) in [6, 6.07) is 7.87. The Labute approximate surface area is 141 Å². The molecule has 6 nitrogen and oxygen atoms in total. The number of sulfone groups is 1. The first-order valence-corrected chi connectivity index (χ1v) is 10.2. The molecular weight excluding hydrogens is 326 g/mol. The zero-order chi connectivity index (χ0) is 16.9. The highest BCUT2D eigenvalue weighted by Gasteiger charge is 2.39. The number of aromatic nitrogens is 2. The van der Waals surface area contributed by atoms with Crippen LogP contribution in [-0.4, -0.2) is 46.7 Å². The van der Waals surface area contributed by atoms with Gasteiger partial charge >= 0.3 is 0 Å². The molecule has 1 atom stereocenters. The Kier molecular flexibility index (Phi) is 3.73. The van der Waals surface area contributed by atoms with Crippen molar-refractivity contribution in [2.24, 2.45) is 0 Å². The number of aryl methyl sites for hydroxylation is 1. The summed E-state index contributed by atoms with van der Waals surface area (Å²) in [6.45, 7) is 2.27. The molecule has 0 radical (unpaired) electrons. The quantitative estimate of drug-likeness (QED) is 0.834. The average molecular weight is 347 g/mol. The first-order chi connectivity index (χ1) is 11.4. The van der Waals surface area contributed by atoms with Gasteiger partial charge in [0.05, 0.1) is 29.3 Å². The van der Waals surface area contributed by atoms with Crippen molar-refractivity contribution in [3.8, 4) is 0 Å². The van der Waals surface area contributed by atoms with Crippen LogP contribution >= 0.6 is 0 Å². The Bertz CT molecular complexity index is 947. The fraction of sp³-hybridized carbons (Fsp3) is 0.529. The second-order valence-electron chi connectivity index (χ2n) is 6.88. The van der Waals surface area contributed by atoms with Crippen LogP contribution in [0.3, 0.4) is 0 Å². The number of nitrogens with zero attached hydrogens (tertiary/aromatic N) is 3. The molecule has 24 heavy (non-hydrogen) atoms. The third-order valence-electron chi connectivity index (χ3n) is 5.04. The van der Waals surface area contributed by atoms with Crippen LogP contribution in [0.15, 0.2) is 29.1 Å². The second-order valence-corrected chi connectivity index (χ2v) is 9.11. The highest BCUT2D eigenvalue weighted by atomic mass is 32.2. The van der Waals surface area contributed by atoms with Crippen molar-refractivity contribution < 1.29 is 8.42 Å². The number of hydrogen-bond donors (Lipinski definition) is 0. The van der Waals surface area contributed by atoms with E-state index in [1.54, 1.807) is 0 Å². The standard InChI is InChI=1S/C17H21N3O3S/c1-12-15-4-2-3-5-16(15)17(21)20(18-12)11-19(13-6-7-13)14-8-9-24(22,23)10-14/h2-5,13-14H,6-11H2,1H3/t14-/m0/s1. The summed E-state index contributed by atoms with van der Waals surface area (Å²) >= 11 is 0. The predicted octanol–water partition coefficient (Wildman–Crippen LogP) is 1.31. The van der Waals surface area contributed by atoms with Crippen LogP contribution in [0.2, 0.25) is 0 Å². The SMILES string of the molecule is Cc1nn(CN(C2CC2)[C@H]2CCS(=O)(=O)C2)c(=O)c2ccccc12. The largest absolute Gasteiger partial charge is 0.277 e. The average Bonchev–Trinajstić information content (AvgIpc) is 3.33. The molecule has 0 spiro atoms. The van der Waals surface area contributed by atoms with E-state index in [1.807, 2.05) is 31.2 Å². The molecule has 1 aromatic carbocycles. The van der Waals surface area contributed by atoms with Gasteiger partial charge in [0, 0.05) is 17.5 Å². The topological polar surface area (TPSA) is 72.3 Å². The van der Waals surface area contributed by atoms with E-state index >= 15 is 0 Å². The summed E-state index contributed by atoms with van der Waals surface area (Å²) in [5.41, 5.74) is 0.711. The first kappa shape index (κ1) is 15.8. The summed E-state index contributed by atoms with van der Waals surface area (Å²) in [4.78, 5) is 14.9. The molecule has 1 saturated carbocycles. The second kappa shape index (κ2) is 5.67. The van der Waals surface area contributed by atoms with E-state index in [4.69, 9.17) is 0 Å². The first-order valence-electron chi connectivity index (χ1n) is 8.37. The van der Waals surface area contributed by atoms with E-state index in [-0.39, 0.29) is 23.1 Å². The molecule has 128 valence electrons. The molecule has 0 unspecified atom stereocenters. The fourth-order valence-electron chi connectivity index (χ4n) is 3.63. The van der Waals surface area contributed by atoms with Crippen LogP contribution in [-0.2, 0) is 16.5 Å². The van der Waals surface area contributed by atoms with Gasteiger partial charge in [0.15, 0.2) is 9.84 Å². The Morgan fingerprint density at radius 1 is 1.17 bits per heavy atom. The molecule has 7 heteroatoms. The fourth-order valence-corrected chi connectivity index (χ4v) is 5.37. The minimum atomic E-state index is -2.94. The molecule has 1 saturated heterocycles. The monoisotopic (exact) mass is 347 g/mol. The lowest BCUT2D eigenvalue weighted by Crippen LogP contribution is -2.42. The van der Waals surface area contributed by atoms with Crippen molar-refractivity contribution in [1.29, 1.82) is 0 Å². The van der Waals surface area contributed by atoms with Crippen molar-refractivity contribution in [1.82, 2.24) is 14.7 Å². The Morgan fingerprint density at radius 2 is 1.88 bits per heavy atom. The maximum Gasteiger partial charge on any atom is 0.275 e. The van der Waals surface area contributed by atoms with Gasteiger partial charge < -0.3 is 0 Å². The molecule has 2 heterocycles. The maximum absolute atomic E-state index is 12.8. The predicted molar refractivity (Wildman–Crippen MR) is 92.7 cm³/mol. The van der Waals surface area contributed by atoms with Gasteiger partial charge in [-0.05, 0) is 32.3 Å². The van der Waals surface area contributed by atoms with Gasteiger partial charge in [-0.3, -0.25) is 9.69 Å². The Balaban J connectivity index is 1.69. The summed E-state index contributed by atoms with van der Waals surface area (Å²) in [7, 11) is -2.94. The van der Waals surface area contributed by atoms with Gasteiger partial charge in [0.25, 0.3) is 5.56 Å². The third kappa shape index (κ3) is 2.86. The number of hydrogen-bond acceptors (Lipinski definition) is 5. The zero-order valence-corrected chi connectivity index (χ0v) is 14.5. The zero-order valence-electron chi connectivity index (χ0n) is 13.7. The van der Waals surface area contributed by atoms with Crippen molar-refractivity contribution in [3.63, 3.8) is 0 Å². The number of fused-ring (bicyclic) bond motifs is 1. The highest BCUT2D eigenvalue weighted by Crippen LogP contribution is 2.32. The molecule has 1 aliphatic carbocycles. The maximum atomic E-state index is 12.8. The van der Waals surface area contributed by atoms with Crippen LogP contribution in [0.1, 0.15) is 25.0 Å². The molecule has 0 bridgehead atoms. The van der Waals surface area contributed by atoms with Gasteiger partial charge in [0.2, 0.25) is 0 Å². The molecule has 1 aliphatic heterocycles. The van der Waals surface area contributed by atoms with Crippen molar-refractivity contribution >= 4 is 20.6 Å². The molecule has 2 fully saturated rings. The Morgan fingerprint density at radius 3 is 2.50 bits per heavy atom. The summed E-state index contributed by atoms with van der Waals surface area (Å²) in [5.74, 6) is 0.449. The summed E-state index contributed by atoms with van der Waals surface area (Å²) in [5, 5.41) is 6.01. The van der Waals surface area contributed by atoms with E-state index < -0.39 is 9.84 Å². The van der Waals surface area contributed by atoms with Gasteiger partial charge in [0.1, 0.15) is 0 Å². The molecule has 2 aromatic rings. The van der Waals surface area contributed by atoms with Crippen LogP contribution < -0.4 is 5.56 Å². The number of rotatable bonds is 4. The van der Waals surface area contributed by atoms with Gasteiger partial charge in [-0.1, -0.05) is 18.2 Å². The lowest BCUT2D eigenvalue weighted by Gasteiger charge is -2.28. The third-order valence-corrected chi connectivity index (χ3v) is 6.79. The van der Waals surface area contributed by atoms with E-state index in [0.717, 1.165) is 23.9 Å². The van der Waals surface area contributed by atoms with E-state index in [2.05, 4.69) is 10.00 Å². The van der Waals surface area contributed by atoms with E-state index in [9.17, 15) is 13.2 Å². The van der Waals surface area contributed by atoms with Crippen LogP contribution in [0, 0.1) is 6.92 Å². The molecule has 0 N–H and O–H groups in total. The van der Waals surface area contributed by atoms with E-state index in [1.165, 1.54) is 4.68 Å². The van der Waals surface area contributed by atoms with Crippen LogP contribution in [0.4, 0.5) is 0 Å². The molecular formula is C17H21N3O3S. The van der Waals surface area contributed by atoms with E-state index in [0.29, 0.717) is 24.5 Å². The van der Waals surface area contributed by atoms with Crippen molar-refractivity contribution in [2.45, 2.75) is 44.9 Å². The normalized spacial score (nSPS) is 23.2. The van der Waals surface area contributed by atoms with Gasteiger partial charge in [-0.25, -0.2) is 13.1 Å². The Hall–Kier alpha value is -1.73. The molecule has 1 aromatic heterocycles. The molecule has 4 rings (SSSR count). The van der Waals surface area contributed by atoms with Crippen LogP contribution in [0.25, 0.3) is 10.8 Å². The van der Waals surface area contributed by atoms with Gasteiger partial charge in [-0.15, -0.1) is 0 Å².